The summed E-state index contributed by atoms with van der Waals surface area (Å²) < 4.78 is 5.67. The van der Waals surface area contributed by atoms with Crippen LogP contribution in [0.2, 0.25) is 0 Å². The number of carbonyl (C=O) groups excluding carboxylic acids is 1. The van der Waals surface area contributed by atoms with Crippen LogP contribution in [0, 0.1) is 0 Å². The number of ether oxygens (including phenoxy) is 1. The van der Waals surface area contributed by atoms with Gasteiger partial charge in [0.05, 0.1) is 6.10 Å². The normalized spacial score (nSPS) is 19.8. The Kier molecular flexibility index (Phi) is 8.68. The van der Waals surface area contributed by atoms with Gasteiger partial charge in [0.2, 0.25) is 5.91 Å². The van der Waals surface area contributed by atoms with Gasteiger partial charge in [-0.3, -0.25) is 4.79 Å². The van der Waals surface area contributed by atoms with E-state index in [0.29, 0.717) is 12.5 Å². The molecule has 0 saturated carbocycles. The quantitative estimate of drug-likeness (QED) is 0.642. The smallest absolute Gasteiger partial charge is 0.222 e. The highest BCUT2D eigenvalue weighted by Crippen LogP contribution is 2.17. The van der Waals surface area contributed by atoms with Crippen molar-refractivity contribution in [2.24, 2.45) is 0 Å². The zero-order valence-corrected chi connectivity index (χ0v) is 13.1. The SMILES string of the molecule is CCCCN(CCBr)C(=O)CCC1CCCCO1. The van der Waals surface area contributed by atoms with Gasteiger partial charge in [-0.2, -0.15) is 0 Å². The first-order valence-electron chi connectivity index (χ1n) is 7.23. The molecule has 1 fully saturated rings. The summed E-state index contributed by atoms with van der Waals surface area (Å²) in [7, 11) is 0. The monoisotopic (exact) mass is 319 g/mol. The molecule has 4 heteroatoms. The van der Waals surface area contributed by atoms with E-state index in [-0.39, 0.29) is 5.91 Å². The molecule has 1 heterocycles. The van der Waals surface area contributed by atoms with Crippen LogP contribution >= 0.6 is 15.9 Å². The summed E-state index contributed by atoms with van der Waals surface area (Å²) in [6, 6.07) is 0. The van der Waals surface area contributed by atoms with Crippen LogP contribution in [0.5, 0.6) is 0 Å². The fourth-order valence-electron chi connectivity index (χ4n) is 2.29. The molecule has 0 bridgehead atoms. The molecule has 0 aromatic heterocycles. The number of hydrogen-bond acceptors (Lipinski definition) is 2. The fourth-order valence-corrected chi connectivity index (χ4v) is 2.72. The first kappa shape index (κ1) is 16.0. The van der Waals surface area contributed by atoms with Gasteiger partial charge < -0.3 is 9.64 Å². The average Bonchev–Trinajstić information content (AvgIpc) is 2.42. The van der Waals surface area contributed by atoms with Crippen molar-refractivity contribution in [1.82, 2.24) is 4.90 Å². The van der Waals surface area contributed by atoms with Crippen molar-refractivity contribution in [3.05, 3.63) is 0 Å². The molecule has 0 radical (unpaired) electrons. The van der Waals surface area contributed by atoms with Crippen LogP contribution in [0.3, 0.4) is 0 Å². The van der Waals surface area contributed by atoms with Crippen LogP contribution in [0.15, 0.2) is 0 Å². The number of nitrogens with zero attached hydrogens (tertiary/aromatic N) is 1. The van der Waals surface area contributed by atoms with Crippen molar-refractivity contribution >= 4 is 21.8 Å². The largest absolute Gasteiger partial charge is 0.378 e. The number of hydrogen-bond donors (Lipinski definition) is 0. The standard InChI is InChI=1S/C14H26BrNO2/c1-2-3-10-16(11-9-15)14(17)8-7-13-6-4-5-12-18-13/h13H,2-12H2,1H3. The van der Waals surface area contributed by atoms with Crippen LogP contribution in [0.4, 0.5) is 0 Å². The number of alkyl halides is 1. The molecule has 1 aliphatic heterocycles. The second-order valence-electron chi connectivity index (χ2n) is 4.95. The highest BCUT2D eigenvalue weighted by Gasteiger charge is 2.18. The van der Waals surface area contributed by atoms with Gasteiger partial charge in [-0.15, -0.1) is 0 Å². The summed E-state index contributed by atoms with van der Waals surface area (Å²) in [5, 5.41) is 0.863. The first-order chi connectivity index (χ1) is 8.77. The highest BCUT2D eigenvalue weighted by atomic mass is 79.9. The van der Waals surface area contributed by atoms with Gasteiger partial charge in [0.25, 0.3) is 0 Å². The molecular formula is C14H26BrNO2. The summed E-state index contributed by atoms with van der Waals surface area (Å²) in [5.74, 6) is 0.289. The molecule has 0 spiro atoms. The Morgan fingerprint density at radius 2 is 2.22 bits per heavy atom. The molecule has 0 aromatic rings. The minimum Gasteiger partial charge on any atom is -0.378 e. The molecule has 1 unspecified atom stereocenters. The molecule has 1 saturated heterocycles. The molecule has 1 rings (SSSR count). The van der Waals surface area contributed by atoms with Crippen LogP contribution < -0.4 is 0 Å². The van der Waals surface area contributed by atoms with Crippen LogP contribution in [0.1, 0.15) is 51.9 Å². The molecule has 0 aliphatic carbocycles. The first-order valence-corrected chi connectivity index (χ1v) is 8.35. The molecule has 3 nitrogen and oxygen atoms in total. The average molecular weight is 320 g/mol. The van der Waals surface area contributed by atoms with Crippen LogP contribution in [0.25, 0.3) is 0 Å². The predicted molar refractivity (Wildman–Crippen MR) is 78.1 cm³/mol. The summed E-state index contributed by atoms with van der Waals surface area (Å²) in [4.78, 5) is 14.1. The van der Waals surface area contributed by atoms with Gasteiger partial charge in [0.15, 0.2) is 0 Å². The minimum absolute atomic E-state index is 0.289. The van der Waals surface area contributed by atoms with Gasteiger partial charge in [0.1, 0.15) is 0 Å². The number of amides is 1. The highest BCUT2D eigenvalue weighted by molar-refractivity contribution is 9.09. The second-order valence-corrected chi connectivity index (χ2v) is 5.74. The maximum atomic E-state index is 12.1. The summed E-state index contributed by atoms with van der Waals surface area (Å²) in [5.41, 5.74) is 0. The van der Waals surface area contributed by atoms with Gasteiger partial charge in [-0.05, 0) is 32.1 Å². The zero-order valence-electron chi connectivity index (χ0n) is 11.5. The fraction of sp³-hybridized carbons (Fsp3) is 0.929. The molecule has 1 amide bonds. The van der Waals surface area contributed by atoms with Crippen molar-refractivity contribution in [2.75, 3.05) is 25.0 Å². The van der Waals surface area contributed by atoms with E-state index in [4.69, 9.17) is 4.74 Å². The van der Waals surface area contributed by atoms with E-state index in [9.17, 15) is 4.79 Å². The Morgan fingerprint density at radius 1 is 1.39 bits per heavy atom. The van der Waals surface area contributed by atoms with E-state index in [2.05, 4.69) is 22.9 Å². The number of unbranched alkanes of at least 4 members (excludes halogenated alkanes) is 1. The third-order valence-electron chi connectivity index (χ3n) is 3.44. The van der Waals surface area contributed by atoms with Crippen molar-refractivity contribution in [3.8, 4) is 0 Å². The third kappa shape index (κ3) is 6.19. The Morgan fingerprint density at radius 3 is 2.83 bits per heavy atom. The van der Waals surface area contributed by atoms with Gasteiger partial charge in [-0.1, -0.05) is 29.3 Å². The molecule has 0 aromatic carbocycles. The summed E-state index contributed by atoms with van der Waals surface area (Å²) >= 11 is 3.42. The van der Waals surface area contributed by atoms with E-state index in [1.807, 2.05) is 4.90 Å². The van der Waals surface area contributed by atoms with Crippen molar-refractivity contribution in [3.63, 3.8) is 0 Å². The van der Waals surface area contributed by atoms with Crippen molar-refractivity contribution in [1.29, 1.82) is 0 Å². The predicted octanol–water partition coefficient (Wildman–Crippen LogP) is 3.36. The second kappa shape index (κ2) is 9.79. The summed E-state index contributed by atoms with van der Waals surface area (Å²) in [6.45, 7) is 4.75. The maximum Gasteiger partial charge on any atom is 0.222 e. The lowest BCUT2D eigenvalue weighted by atomic mass is 10.0. The molecule has 106 valence electrons. The van der Waals surface area contributed by atoms with Crippen LogP contribution in [-0.2, 0) is 9.53 Å². The minimum atomic E-state index is 0.289. The van der Waals surface area contributed by atoms with Crippen LogP contribution in [-0.4, -0.2) is 41.9 Å². The van der Waals surface area contributed by atoms with Crippen molar-refractivity contribution < 1.29 is 9.53 Å². The van der Waals surface area contributed by atoms with Gasteiger partial charge in [-0.25, -0.2) is 0 Å². The lowest BCUT2D eigenvalue weighted by Gasteiger charge is -2.25. The molecule has 0 N–H and O–H groups in total. The Hall–Kier alpha value is -0.0900. The Balaban J connectivity index is 2.26. The lowest BCUT2D eigenvalue weighted by molar-refractivity contribution is -0.132. The van der Waals surface area contributed by atoms with Gasteiger partial charge in [0, 0.05) is 31.4 Å². The number of halogens is 1. The number of rotatable bonds is 8. The molecule has 1 aliphatic rings. The Labute approximate surface area is 119 Å². The van der Waals surface area contributed by atoms with E-state index < -0.39 is 0 Å². The van der Waals surface area contributed by atoms with Crippen molar-refractivity contribution in [2.45, 2.75) is 58.0 Å². The van der Waals surface area contributed by atoms with E-state index in [1.54, 1.807) is 0 Å². The van der Waals surface area contributed by atoms with E-state index in [0.717, 1.165) is 50.7 Å². The molecule has 18 heavy (non-hydrogen) atoms. The third-order valence-corrected chi connectivity index (χ3v) is 3.80. The van der Waals surface area contributed by atoms with E-state index in [1.165, 1.54) is 12.8 Å². The Bertz CT molecular complexity index is 230. The van der Waals surface area contributed by atoms with Gasteiger partial charge >= 0.3 is 0 Å². The summed E-state index contributed by atoms with van der Waals surface area (Å²) in [6.07, 6.45) is 7.64. The lowest BCUT2D eigenvalue weighted by Crippen LogP contribution is -2.34. The topological polar surface area (TPSA) is 29.5 Å². The zero-order chi connectivity index (χ0) is 13.2. The molecule has 1 atom stereocenters. The molecular weight excluding hydrogens is 294 g/mol. The van der Waals surface area contributed by atoms with E-state index >= 15 is 0 Å². The maximum absolute atomic E-state index is 12.1. The number of carbonyl (C=O) groups is 1.